The van der Waals surface area contributed by atoms with E-state index in [0.29, 0.717) is 16.7 Å². The number of fused-ring (bicyclic) bond motifs is 1. The molecule has 0 fully saturated rings. The third-order valence-electron chi connectivity index (χ3n) is 4.30. The van der Waals surface area contributed by atoms with Crippen molar-refractivity contribution >= 4 is 23.6 Å². The number of carbonyl (C=O) groups excluding carboxylic acids is 4. The van der Waals surface area contributed by atoms with E-state index >= 15 is 0 Å². The van der Waals surface area contributed by atoms with Gasteiger partial charge in [-0.15, -0.1) is 0 Å². The summed E-state index contributed by atoms with van der Waals surface area (Å²) in [5, 5.41) is 5.32. The summed E-state index contributed by atoms with van der Waals surface area (Å²) in [6.07, 6.45) is 0. The summed E-state index contributed by atoms with van der Waals surface area (Å²) in [6, 6.07) is 13.7. The Kier molecular flexibility index (Phi) is 5.30. The largest absolute Gasteiger partial charge is 0.353 e. The lowest BCUT2D eigenvalue weighted by Gasteiger charge is -2.14. The summed E-state index contributed by atoms with van der Waals surface area (Å²) in [5.41, 5.74) is 2.06. The average molecular weight is 365 g/mol. The number of imide groups is 1. The fourth-order valence-electron chi connectivity index (χ4n) is 2.88. The summed E-state index contributed by atoms with van der Waals surface area (Å²) >= 11 is 0. The van der Waals surface area contributed by atoms with Crippen molar-refractivity contribution in [3.63, 3.8) is 0 Å². The molecule has 7 heteroatoms. The molecule has 1 aliphatic rings. The molecule has 27 heavy (non-hydrogen) atoms. The monoisotopic (exact) mass is 365 g/mol. The van der Waals surface area contributed by atoms with Crippen LogP contribution in [0.4, 0.5) is 0 Å². The van der Waals surface area contributed by atoms with Crippen LogP contribution in [0, 0.1) is 6.92 Å². The van der Waals surface area contributed by atoms with Gasteiger partial charge in [0.25, 0.3) is 17.7 Å². The van der Waals surface area contributed by atoms with E-state index in [4.69, 9.17) is 0 Å². The topological polar surface area (TPSA) is 95.6 Å². The fourth-order valence-corrected chi connectivity index (χ4v) is 2.88. The summed E-state index contributed by atoms with van der Waals surface area (Å²) in [7, 11) is 0. The van der Waals surface area contributed by atoms with Crippen molar-refractivity contribution in [2.75, 3.05) is 19.6 Å². The zero-order chi connectivity index (χ0) is 19.4. The van der Waals surface area contributed by atoms with Crippen LogP contribution >= 0.6 is 0 Å². The molecule has 0 aromatic heterocycles. The predicted octanol–water partition coefficient (Wildman–Crippen LogP) is 1.14. The highest BCUT2D eigenvalue weighted by atomic mass is 16.2. The van der Waals surface area contributed by atoms with Crippen LogP contribution in [0.1, 0.15) is 36.6 Å². The Morgan fingerprint density at radius 3 is 2.04 bits per heavy atom. The first-order chi connectivity index (χ1) is 13.0. The third-order valence-corrected chi connectivity index (χ3v) is 4.30. The first-order valence-corrected chi connectivity index (χ1v) is 8.55. The molecular formula is C20H19N3O4. The average Bonchev–Trinajstić information content (AvgIpc) is 2.91. The van der Waals surface area contributed by atoms with Gasteiger partial charge in [-0.3, -0.25) is 24.1 Å². The molecular weight excluding hydrogens is 346 g/mol. The van der Waals surface area contributed by atoms with E-state index in [-0.39, 0.29) is 25.5 Å². The number of rotatable bonds is 6. The van der Waals surface area contributed by atoms with Crippen molar-refractivity contribution in [1.82, 2.24) is 15.5 Å². The molecule has 0 bridgehead atoms. The zero-order valence-corrected chi connectivity index (χ0v) is 14.8. The highest BCUT2D eigenvalue weighted by molar-refractivity contribution is 6.22. The molecule has 138 valence electrons. The van der Waals surface area contributed by atoms with Crippen LogP contribution in [0.3, 0.4) is 0 Å². The maximum absolute atomic E-state index is 12.2. The minimum Gasteiger partial charge on any atom is -0.353 e. The SMILES string of the molecule is Cc1ccccc1C(=O)NCCNC(=O)CN1C(=O)c2ccccc2C1=O. The van der Waals surface area contributed by atoms with Gasteiger partial charge in [-0.1, -0.05) is 30.3 Å². The van der Waals surface area contributed by atoms with Crippen molar-refractivity contribution in [3.05, 3.63) is 70.8 Å². The second-order valence-electron chi connectivity index (χ2n) is 6.16. The second-order valence-corrected chi connectivity index (χ2v) is 6.16. The lowest BCUT2D eigenvalue weighted by molar-refractivity contribution is -0.121. The Labute approximate surface area is 156 Å². The van der Waals surface area contributed by atoms with Gasteiger partial charge in [0.1, 0.15) is 6.54 Å². The lowest BCUT2D eigenvalue weighted by atomic mass is 10.1. The Morgan fingerprint density at radius 2 is 1.41 bits per heavy atom. The second kappa shape index (κ2) is 7.82. The molecule has 1 aliphatic heterocycles. The molecule has 7 nitrogen and oxygen atoms in total. The first kappa shape index (κ1) is 18.3. The molecule has 4 amide bonds. The van der Waals surface area contributed by atoms with Gasteiger partial charge in [0, 0.05) is 18.7 Å². The van der Waals surface area contributed by atoms with Crippen molar-refractivity contribution in [1.29, 1.82) is 0 Å². The maximum Gasteiger partial charge on any atom is 0.262 e. The Hall–Kier alpha value is -3.48. The van der Waals surface area contributed by atoms with Gasteiger partial charge in [-0.2, -0.15) is 0 Å². The fraction of sp³-hybridized carbons (Fsp3) is 0.200. The zero-order valence-electron chi connectivity index (χ0n) is 14.8. The minimum atomic E-state index is -0.474. The summed E-state index contributed by atoms with van der Waals surface area (Å²) in [4.78, 5) is 49.5. The van der Waals surface area contributed by atoms with Gasteiger partial charge in [0.05, 0.1) is 11.1 Å². The molecule has 2 N–H and O–H groups in total. The smallest absolute Gasteiger partial charge is 0.262 e. The summed E-state index contributed by atoms with van der Waals surface area (Å²) in [5.74, 6) is -1.63. The van der Waals surface area contributed by atoms with Gasteiger partial charge in [-0.25, -0.2) is 0 Å². The number of amides is 4. The van der Waals surface area contributed by atoms with Crippen LogP contribution in [-0.2, 0) is 4.79 Å². The van der Waals surface area contributed by atoms with Crippen molar-refractivity contribution in [3.8, 4) is 0 Å². The number of nitrogens with zero attached hydrogens (tertiary/aromatic N) is 1. The van der Waals surface area contributed by atoms with Crippen molar-refractivity contribution in [2.24, 2.45) is 0 Å². The molecule has 0 saturated heterocycles. The van der Waals surface area contributed by atoms with Crippen molar-refractivity contribution in [2.45, 2.75) is 6.92 Å². The van der Waals surface area contributed by atoms with Gasteiger partial charge >= 0.3 is 0 Å². The number of hydrogen-bond acceptors (Lipinski definition) is 4. The van der Waals surface area contributed by atoms with Crippen LogP contribution in [0.2, 0.25) is 0 Å². The highest BCUT2D eigenvalue weighted by Crippen LogP contribution is 2.21. The maximum atomic E-state index is 12.2. The van der Waals surface area contributed by atoms with Crippen LogP contribution in [0.25, 0.3) is 0 Å². The van der Waals surface area contributed by atoms with Crippen molar-refractivity contribution < 1.29 is 19.2 Å². The quantitative estimate of drug-likeness (QED) is 0.593. The lowest BCUT2D eigenvalue weighted by Crippen LogP contribution is -2.42. The molecule has 0 unspecified atom stereocenters. The predicted molar refractivity (Wildman–Crippen MR) is 98.3 cm³/mol. The van der Waals surface area contributed by atoms with E-state index in [1.807, 2.05) is 19.1 Å². The number of aryl methyl sites for hydroxylation is 1. The van der Waals surface area contributed by atoms with E-state index in [1.54, 1.807) is 36.4 Å². The standard InChI is InChI=1S/C20H19N3O4/c1-13-6-2-3-7-14(13)18(25)22-11-10-21-17(24)12-23-19(26)15-8-4-5-9-16(15)20(23)27/h2-9H,10-12H2,1H3,(H,21,24)(H,22,25). The third kappa shape index (κ3) is 3.87. The molecule has 0 aliphatic carbocycles. The summed E-state index contributed by atoms with van der Waals surface area (Å²) in [6.45, 7) is 1.93. The molecule has 2 aromatic carbocycles. The van der Waals surface area contributed by atoms with Crippen LogP contribution < -0.4 is 10.6 Å². The van der Waals surface area contributed by atoms with Gasteiger partial charge < -0.3 is 10.6 Å². The van der Waals surface area contributed by atoms with Crippen LogP contribution in [0.15, 0.2) is 48.5 Å². The highest BCUT2D eigenvalue weighted by Gasteiger charge is 2.36. The molecule has 0 saturated carbocycles. The van der Waals surface area contributed by atoms with Gasteiger partial charge in [0.15, 0.2) is 0 Å². The molecule has 0 atom stereocenters. The normalized spacial score (nSPS) is 12.7. The van der Waals surface area contributed by atoms with Crippen LogP contribution in [0.5, 0.6) is 0 Å². The Bertz CT molecular complexity index is 888. The first-order valence-electron chi connectivity index (χ1n) is 8.55. The Balaban J connectivity index is 1.46. The molecule has 0 radical (unpaired) electrons. The van der Waals surface area contributed by atoms with Crippen LogP contribution in [-0.4, -0.2) is 48.2 Å². The summed E-state index contributed by atoms with van der Waals surface area (Å²) < 4.78 is 0. The van der Waals surface area contributed by atoms with E-state index in [0.717, 1.165) is 10.5 Å². The molecule has 3 rings (SSSR count). The van der Waals surface area contributed by atoms with Gasteiger partial charge in [0.2, 0.25) is 5.91 Å². The minimum absolute atomic E-state index is 0.194. The van der Waals surface area contributed by atoms with E-state index in [9.17, 15) is 19.2 Å². The number of nitrogens with one attached hydrogen (secondary N) is 2. The van der Waals surface area contributed by atoms with E-state index in [1.165, 1.54) is 0 Å². The molecule has 2 aromatic rings. The van der Waals surface area contributed by atoms with Gasteiger partial charge in [-0.05, 0) is 30.7 Å². The Morgan fingerprint density at radius 1 is 0.852 bits per heavy atom. The number of hydrogen-bond donors (Lipinski definition) is 2. The molecule has 0 spiro atoms. The number of carbonyl (C=O) groups is 4. The van der Waals surface area contributed by atoms with E-state index < -0.39 is 17.7 Å². The number of benzene rings is 2. The van der Waals surface area contributed by atoms with E-state index in [2.05, 4.69) is 10.6 Å². The molecule has 1 heterocycles.